The number of allylic oxidation sites excluding steroid dienone is 1. The predicted octanol–water partition coefficient (Wildman–Crippen LogP) is 4.06. The summed E-state index contributed by atoms with van der Waals surface area (Å²) in [5.41, 5.74) is 3.14. The van der Waals surface area contributed by atoms with E-state index in [2.05, 4.69) is 0 Å². The molecule has 0 aromatic heterocycles. The molecule has 0 saturated carbocycles. The Hall–Kier alpha value is -2.62. The molecule has 23 heavy (non-hydrogen) atoms. The minimum Gasteiger partial charge on any atom is -0.493 e. The second kappa shape index (κ2) is 6.24. The SMILES string of the molecule is COc1cc2c(cc1OC)C(=O)/C(=C/c1ccc(F)cc1)CC2. The van der Waals surface area contributed by atoms with E-state index < -0.39 is 0 Å². The van der Waals surface area contributed by atoms with Crippen LogP contribution in [0, 0.1) is 5.82 Å². The fourth-order valence-electron chi connectivity index (χ4n) is 2.79. The van der Waals surface area contributed by atoms with Crippen LogP contribution >= 0.6 is 0 Å². The molecule has 0 N–H and O–H groups in total. The van der Waals surface area contributed by atoms with E-state index in [0.717, 1.165) is 23.1 Å². The molecule has 2 aromatic rings. The zero-order valence-corrected chi connectivity index (χ0v) is 13.1. The smallest absolute Gasteiger partial charge is 0.189 e. The number of hydrogen-bond donors (Lipinski definition) is 0. The summed E-state index contributed by atoms with van der Waals surface area (Å²) >= 11 is 0. The van der Waals surface area contributed by atoms with Crippen molar-refractivity contribution in [2.45, 2.75) is 12.8 Å². The minimum atomic E-state index is -0.288. The first-order valence-corrected chi connectivity index (χ1v) is 7.38. The number of carbonyl (C=O) groups is 1. The fourth-order valence-corrected chi connectivity index (χ4v) is 2.79. The van der Waals surface area contributed by atoms with E-state index in [-0.39, 0.29) is 11.6 Å². The van der Waals surface area contributed by atoms with Crippen LogP contribution in [0.3, 0.4) is 0 Å². The Morgan fingerprint density at radius 3 is 2.30 bits per heavy atom. The van der Waals surface area contributed by atoms with E-state index in [9.17, 15) is 9.18 Å². The lowest BCUT2D eigenvalue weighted by atomic mass is 9.85. The molecule has 3 rings (SSSR count). The molecule has 1 aliphatic carbocycles. The number of halogens is 1. The molecule has 0 bridgehead atoms. The van der Waals surface area contributed by atoms with Gasteiger partial charge >= 0.3 is 0 Å². The normalized spacial score (nSPS) is 15.4. The summed E-state index contributed by atoms with van der Waals surface area (Å²) in [5.74, 6) is 0.869. The first kappa shape index (κ1) is 15.3. The molecule has 3 nitrogen and oxygen atoms in total. The van der Waals surface area contributed by atoms with Crippen LogP contribution in [0.1, 0.15) is 27.9 Å². The van der Waals surface area contributed by atoms with Gasteiger partial charge in [0.2, 0.25) is 0 Å². The Morgan fingerprint density at radius 2 is 1.65 bits per heavy atom. The molecule has 118 valence electrons. The number of Topliss-reactive ketones (excluding diaryl/α,β-unsaturated/α-hetero) is 1. The lowest BCUT2D eigenvalue weighted by Crippen LogP contribution is -2.14. The zero-order valence-electron chi connectivity index (χ0n) is 13.1. The van der Waals surface area contributed by atoms with Gasteiger partial charge in [-0.25, -0.2) is 4.39 Å². The number of carbonyl (C=O) groups excluding carboxylic acids is 1. The molecular formula is C19H17FO3. The molecule has 1 aliphatic rings. The summed E-state index contributed by atoms with van der Waals surface area (Å²) in [5, 5.41) is 0. The Morgan fingerprint density at radius 1 is 1.00 bits per heavy atom. The Bertz CT molecular complexity index is 776. The Labute approximate surface area is 134 Å². The summed E-state index contributed by atoms with van der Waals surface area (Å²) in [7, 11) is 3.13. The van der Waals surface area contributed by atoms with E-state index in [4.69, 9.17) is 9.47 Å². The highest BCUT2D eigenvalue weighted by atomic mass is 19.1. The van der Waals surface area contributed by atoms with Crippen LogP contribution < -0.4 is 9.47 Å². The molecule has 0 saturated heterocycles. The van der Waals surface area contributed by atoms with Gasteiger partial charge in [-0.15, -0.1) is 0 Å². The van der Waals surface area contributed by atoms with Gasteiger partial charge in [0.15, 0.2) is 17.3 Å². The topological polar surface area (TPSA) is 35.5 Å². The third-order valence-corrected chi connectivity index (χ3v) is 4.02. The van der Waals surface area contributed by atoms with Crippen molar-refractivity contribution in [1.29, 1.82) is 0 Å². The molecule has 0 spiro atoms. The zero-order chi connectivity index (χ0) is 16.4. The molecule has 0 radical (unpaired) electrons. The lowest BCUT2D eigenvalue weighted by molar-refractivity contribution is 0.102. The number of ketones is 1. The number of aryl methyl sites for hydroxylation is 1. The minimum absolute atomic E-state index is 0.0171. The average molecular weight is 312 g/mol. The van der Waals surface area contributed by atoms with Gasteiger partial charge in [-0.05, 0) is 54.3 Å². The van der Waals surface area contributed by atoms with Gasteiger partial charge in [0.1, 0.15) is 5.82 Å². The molecule has 0 heterocycles. The number of ether oxygens (including phenoxy) is 2. The van der Waals surface area contributed by atoms with E-state index in [1.54, 1.807) is 32.4 Å². The standard InChI is InChI=1S/C19H17FO3/c1-22-17-10-13-5-6-14(9-12-3-7-15(20)8-4-12)19(21)16(13)11-18(17)23-2/h3-4,7-11H,5-6H2,1-2H3/b14-9+. The van der Waals surface area contributed by atoms with Crippen molar-refractivity contribution in [3.8, 4) is 11.5 Å². The van der Waals surface area contributed by atoms with Crippen molar-refractivity contribution < 1.29 is 18.7 Å². The largest absolute Gasteiger partial charge is 0.493 e. The highest BCUT2D eigenvalue weighted by Crippen LogP contribution is 2.35. The molecular weight excluding hydrogens is 295 g/mol. The first-order valence-electron chi connectivity index (χ1n) is 7.38. The van der Waals surface area contributed by atoms with Crippen molar-refractivity contribution in [3.05, 3.63) is 64.5 Å². The number of methoxy groups -OCH3 is 2. The summed E-state index contributed by atoms with van der Waals surface area (Å²) in [6.45, 7) is 0. The van der Waals surface area contributed by atoms with Gasteiger partial charge in [-0.2, -0.15) is 0 Å². The summed E-state index contributed by atoms with van der Waals surface area (Å²) in [6.07, 6.45) is 3.23. The number of rotatable bonds is 3. The summed E-state index contributed by atoms with van der Waals surface area (Å²) in [4.78, 5) is 12.7. The number of fused-ring (bicyclic) bond motifs is 1. The highest BCUT2D eigenvalue weighted by Gasteiger charge is 2.24. The van der Waals surface area contributed by atoms with Gasteiger partial charge in [0.05, 0.1) is 14.2 Å². The van der Waals surface area contributed by atoms with Crippen molar-refractivity contribution in [2.75, 3.05) is 14.2 Å². The molecule has 0 aliphatic heterocycles. The van der Waals surface area contributed by atoms with E-state index in [0.29, 0.717) is 23.5 Å². The van der Waals surface area contributed by atoms with Crippen molar-refractivity contribution >= 4 is 11.9 Å². The van der Waals surface area contributed by atoms with Crippen LogP contribution in [0.15, 0.2) is 42.0 Å². The quantitative estimate of drug-likeness (QED) is 0.802. The fraction of sp³-hybridized carbons (Fsp3) is 0.211. The van der Waals surface area contributed by atoms with E-state index >= 15 is 0 Å². The van der Waals surface area contributed by atoms with Crippen molar-refractivity contribution in [3.63, 3.8) is 0 Å². The second-order valence-electron chi connectivity index (χ2n) is 5.41. The van der Waals surface area contributed by atoms with Crippen LogP contribution in [0.25, 0.3) is 6.08 Å². The molecule has 0 amide bonds. The maximum atomic E-state index is 13.0. The predicted molar refractivity (Wildman–Crippen MR) is 86.6 cm³/mol. The summed E-state index contributed by atoms with van der Waals surface area (Å²) in [6, 6.07) is 9.71. The maximum Gasteiger partial charge on any atom is 0.189 e. The monoisotopic (exact) mass is 312 g/mol. The lowest BCUT2D eigenvalue weighted by Gasteiger charge is -2.20. The maximum absolute atomic E-state index is 13.0. The average Bonchev–Trinajstić information content (AvgIpc) is 2.58. The third kappa shape index (κ3) is 2.97. The van der Waals surface area contributed by atoms with Gasteiger partial charge in [-0.3, -0.25) is 4.79 Å². The molecule has 2 aromatic carbocycles. The summed E-state index contributed by atoms with van der Waals surface area (Å²) < 4.78 is 23.5. The van der Waals surface area contributed by atoms with Crippen molar-refractivity contribution in [2.24, 2.45) is 0 Å². The molecule has 4 heteroatoms. The van der Waals surface area contributed by atoms with Crippen LogP contribution in [-0.2, 0) is 6.42 Å². The van der Waals surface area contributed by atoms with Crippen LogP contribution in [0.4, 0.5) is 4.39 Å². The Kier molecular flexibility index (Phi) is 4.15. The van der Waals surface area contributed by atoms with E-state index in [1.165, 1.54) is 12.1 Å². The third-order valence-electron chi connectivity index (χ3n) is 4.02. The van der Waals surface area contributed by atoms with Crippen molar-refractivity contribution in [1.82, 2.24) is 0 Å². The van der Waals surface area contributed by atoms with Gasteiger partial charge < -0.3 is 9.47 Å². The Balaban J connectivity index is 1.98. The molecule has 0 fully saturated rings. The molecule has 0 atom stereocenters. The highest BCUT2D eigenvalue weighted by molar-refractivity contribution is 6.13. The van der Waals surface area contributed by atoms with Gasteiger partial charge in [-0.1, -0.05) is 12.1 Å². The van der Waals surface area contributed by atoms with Crippen LogP contribution in [0.5, 0.6) is 11.5 Å². The van der Waals surface area contributed by atoms with Crippen LogP contribution in [-0.4, -0.2) is 20.0 Å². The number of hydrogen-bond acceptors (Lipinski definition) is 3. The second-order valence-corrected chi connectivity index (χ2v) is 5.41. The van der Waals surface area contributed by atoms with Gasteiger partial charge in [0.25, 0.3) is 0 Å². The van der Waals surface area contributed by atoms with Gasteiger partial charge in [0, 0.05) is 11.1 Å². The van der Waals surface area contributed by atoms with Crippen LogP contribution in [0.2, 0.25) is 0 Å². The first-order chi connectivity index (χ1) is 11.1. The van der Waals surface area contributed by atoms with E-state index in [1.807, 2.05) is 12.1 Å². The molecule has 0 unspecified atom stereocenters. The number of benzene rings is 2.